The lowest BCUT2D eigenvalue weighted by atomic mass is 10.2. The normalized spacial score (nSPS) is 27.0. The van der Waals surface area contributed by atoms with E-state index in [0.29, 0.717) is 0 Å². The molecule has 3 heteroatoms. The molecule has 20 heavy (non-hydrogen) atoms. The van der Waals surface area contributed by atoms with Crippen molar-refractivity contribution in [2.45, 2.75) is 57.5 Å². The first kappa shape index (κ1) is 16.3. The molecule has 0 amide bonds. The van der Waals surface area contributed by atoms with Gasteiger partial charge in [0.1, 0.15) is 13.1 Å². The second kappa shape index (κ2) is 7.24. The van der Waals surface area contributed by atoms with E-state index < -0.39 is 0 Å². The second-order valence-electron chi connectivity index (χ2n) is 7.98. The average Bonchev–Trinajstić information content (AvgIpc) is 2.69. The third-order valence-corrected chi connectivity index (χ3v) is 5.59. The number of nitrogens with zero attached hydrogens (tertiary/aromatic N) is 2. The summed E-state index contributed by atoms with van der Waals surface area (Å²) in [5, 5.41) is 10.6. The van der Waals surface area contributed by atoms with Crippen LogP contribution in [0.3, 0.4) is 0 Å². The molecule has 1 N–H and O–H groups in total. The van der Waals surface area contributed by atoms with Gasteiger partial charge in [-0.3, -0.25) is 0 Å². The molecule has 3 nitrogen and oxygen atoms in total. The lowest BCUT2D eigenvalue weighted by molar-refractivity contribution is -0.932. The van der Waals surface area contributed by atoms with Gasteiger partial charge in [0.2, 0.25) is 0 Å². The number of rotatable bonds is 4. The summed E-state index contributed by atoms with van der Waals surface area (Å²) in [6.45, 7) is 6.99. The number of aliphatic hydroxyl groups is 1. The maximum Gasteiger partial charge on any atom is 0.152 e. The number of aliphatic hydroxyl groups excluding tert-OH is 1. The Morgan fingerprint density at radius 2 is 0.950 bits per heavy atom. The predicted molar refractivity (Wildman–Crippen MR) is 84.5 cm³/mol. The number of hydrogen-bond acceptors (Lipinski definition) is 1. The van der Waals surface area contributed by atoms with Crippen LogP contribution in [0.2, 0.25) is 0 Å². The van der Waals surface area contributed by atoms with Crippen LogP contribution in [-0.2, 0) is 0 Å². The van der Waals surface area contributed by atoms with Crippen molar-refractivity contribution in [1.82, 2.24) is 0 Å². The second-order valence-corrected chi connectivity index (χ2v) is 7.98. The van der Waals surface area contributed by atoms with E-state index in [-0.39, 0.29) is 6.10 Å². The molecule has 0 aliphatic carbocycles. The number of likely N-dealkylation sites (tertiary alicyclic amines) is 2. The summed E-state index contributed by atoms with van der Waals surface area (Å²) in [4.78, 5) is 0. The van der Waals surface area contributed by atoms with E-state index in [9.17, 15) is 5.11 Å². The van der Waals surface area contributed by atoms with Gasteiger partial charge in [0.15, 0.2) is 6.10 Å². The van der Waals surface area contributed by atoms with E-state index in [1.165, 1.54) is 77.5 Å². The van der Waals surface area contributed by atoms with Gasteiger partial charge in [0.25, 0.3) is 0 Å². The Bertz CT molecular complexity index is 249. The first-order chi connectivity index (χ1) is 9.52. The Morgan fingerprint density at radius 3 is 1.25 bits per heavy atom. The fourth-order valence-corrected chi connectivity index (χ4v) is 4.35. The van der Waals surface area contributed by atoms with Crippen molar-refractivity contribution in [1.29, 1.82) is 0 Å². The molecule has 2 fully saturated rings. The van der Waals surface area contributed by atoms with E-state index in [1.54, 1.807) is 0 Å². The molecule has 2 saturated heterocycles. The van der Waals surface area contributed by atoms with Gasteiger partial charge in [-0.1, -0.05) is 0 Å². The molecule has 0 aromatic carbocycles. The van der Waals surface area contributed by atoms with Gasteiger partial charge < -0.3 is 14.1 Å². The zero-order chi connectivity index (χ0) is 14.5. The molecule has 0 unspecified atom stereocenters. The Hall–Kier alpha value is -0.120. The van der Waals surface area contributed by atoms with Crippen LogP contribution < -0.4 is 0 Å². The SMILES string of the molecule is C[N+]1(CC(O)C[N+]2(C)CCCCCC2)CCCCCC1. The van der Waals surface area contributed by atoms with Crippen molar-refractivity contribution in [3.63, 3.8) is 0 Å². The standard InChI is InChI=1S/C17H36N2O/c1-18(11-7-3-4-8-12-18)15-17(20)16-19(2)13-9-5-6-10-14-19/h17,20H,3-16H2,1-2H3/q+2. The highest BCUT2D eigenvalue weighted by Crippen LogP contribution is 2.20. The van der Waals surface area contributed by atoms with Gasteiger partial charge in [-0.15, -0.1) is 0 Å². The third kappa shape index (κ3) is 5.01. The predicted octanol–water partition coefficient (Wildman–Crippen LogP) is 2.39. The topological polar surface area (TPSA) is 20.2 Å². The number of likely N-dealkylation sites (N-methyl/N-ethyl adjacent to an activating group) is 2. The van der Waals surface area contributed by atoms with Crippen molar-refractivity contribution < 1.29 is 14.1 Å². The van der Waals surface area contributed by atoms with E-state index >= 15 is 0 Å². The van der Waals surface area contributed by atoms with Gasteiger partial charge >= 0.3 is 0 Å². The fraction of sp³-hybridized carbons (Fsp3) is 1.00. The van der Waals surface area contributed by atoms with Crippen LogP contribution in [0.4, 0.5) is 0 Å². The molecule has 0 bridgehead atoms. The molecular formula is C17H36N2O+2. The monoisotopic (exact) mass is 284 g/mol. The van der Waals surface area contributed by atoms with Gasteiger partial charge in [0, 0.05) is 0 Å². The van der Waals surface area contributed by atoms with Crippen LogP contribution in [0.25, 0.3) is 0 Å². The summed E-state index contributed by atoms with van der Waals surface area (Å²) in [5.74, 6) is 0. The van der Waals surface area contributed by atoms with E-state index in [1.807, 2.05) is 0 Å². The number of hydrogen-bond donors (Lipinski definition) is 1. The molecule has 0 aromatic heterocycles. The largest absolute Gasteiger partial charge is 0.382 e. The minimum absolute atomic E-state index is 0.124. The summed E-state index contributed by atoms with van der Waals surface area (Å²) >= 11 is 0. The smallest absolute Gasteiger partial charge is 0.152 e. The van der Waals surface area contributed by atoms with Crippen LogP contribution in [0.15, 0.2) is 0 Å². The van der Waals surface area contributed by atoms with Crippen molar-refractivity contribution in [2.75, 3.05) is 53.4 Å². The summed E-state index contributed by atoms with van der Waals surface area (Å²) in [6.07, 6.45) is 10.8. The lowest BCUT2D eigenvalue weighted by Crippen LogP contribution is -2.56. The Kier molecular flexibility index (Phi) is 5.88. The fourth-order valence-electron chi connectivity index (χ4n) is 4.35. The molecule has 118 valence electrons. The molecule has 2 aliphatic rings. The quantitative estimate of drug-likeness (QED) is 0.786. The summed E-state index contributed by atoms with van der Waals surface area (Å²) in [5.41, 5.74) is 0. The third-order valence-electron chi connectivity index (χ3n) is 5.59. The first-order valence-corrected chi connectivity index (χ1v) is 8.87. The molecule has 0 spiro atoms. The number of quaternary nitrogens is 2. The average molecular weight is 284 g/mol. The van der Waals surface area contributed by atoms with Crippen LogP contribution in [0.1, 0.15) is 51.4 Å². The van der Waals surface area contributed by atoms with E-state index in [0.717, 1.165) is 22.1 Å². The van der Waals surface area contributed by atoms with Gasteiger partial charge in [-0.2, -0.15) is 0 Å². The van der Waals surface area contributed by atoms with E-state index in [4.69, 9.17) is 0 Å². The molecule has 0 saturated carbocycles. The zero-order valence-electron chi connectivity index (χ0n) is 13.8. The van der Waals surface area contributed by atoms with Crippen LogP contribution >= 0.6 is 0 Å². The molecule has 2 rings (SSSR count). The molecular weight excluding hydrogens is 248 g/mol. The van der Waals surface area contributed by atoms with Gasteiger partial charge in [-0.25, -0.2) is 0 Å². The summed E-state index contributed by atoms with van der Waals surface area (Å²) in [6, 6.07) is 0. The van der Waals surface area contributed by atoms with Crippen LogP contribution in [0.5, 0.6) is 0 Å². The molecule has 0 atom stereocenters. The summed E-state index contributed by atoms with van der Waals surface area (Å²) < 4.78 is 2.20. The van der Waals surface area contributed by atoms with Crippen molar-refractivity contribution in [3.05, 3.63) is 0 Å². The highest BCUT2D eigenvalue weighted by Gasteiger charge is 2.32. The van der Waals surface area contributed by atoms with Crippen molar-refractivity contribution >= 4 is 0 Å². The molecule has 2 heterocycles. The maximum absolute atomic E-state index is 10.6. The van der Waals surface area contributed by atoms with Crippen LogP contribution in [0, 0.1) is 0 Å². The Morgan fingerprint density at radius 1 is 0.650 bits per heavy atom. The van der Waals surface area contributed by atoms with Crippen molar-refractivity contribution in [3.8, 4) is 0 Å². The first-order valence-electron chi connectivity index (χ1n) is 8.87. The van der Waals surface area contributed by atoms with Crippen molar-refractivity contribution in [2.24, 2.45) is 0 Å². The lowest BCUT2D eigenvalue weighted by Gasteiger charge is -2.39. The van der Waals surface area contributed by atoms with E-state index in [2.05, 4.69) is 14.1 Å². The minimum atomic E-state index is -0.124. The van der Waals surface area contributed by atoms with Gasteiger partial charge in [-0.05, 0) is 51.4 Å². The molecule has 0 radical (unpaired) electrons. The Balaban J connectivity index is 1.85. The highest BCUT2D eigenvalue weighted by molar-refractivity contribution is 4.60. The molecule has 0 aromatic rings. The van der Waals surface area contributed by atoms with Crippen LogP contribution in [-0.4, -0.2) is 73.5 Å². The zero-order valence-corrected chi connectivity index (χ0v) is 13.8. The Labute approximate surface area is 125 Å². The summed E-state index contributed by atoms with van der Waals surface area (Å²) in [7, 11) is 4.72. The molecule has 2 aliphatic heterocycles. The maximum atomic E-state index is 10.6. The van der Waals surface area contributed by atoms with Gasteiger partial charge in [0.05, 0.1) is 40.3 Å². The highest BCUT2D eigenvalue weighted by atomic mass is 16.3. The minimum Gasteiger partial charge on any atom is -0.382 e.